The molecule has 0 bridgehead atoms. The standard InChI is InChI=1S/C26H26O8Si2/c1-19(27)31-35(32-20(2)28,23-11-7-5-8-12-23)25-15-17-26(18-16-25)36(33-21(3)29,34-22(4)30)24-13-9-6-10-14-24/h5-18H,1-4H3. The van der Waals surface area contributed by atoms with Gasteiger partial charge in [-0.05, 0) is 0 Å². The van der Waals surface area contributed by atoms with Crippen molar-refractivity contribution in [3.8, 4) is 0 Å². The van der Waals surface area contributed by atoms with Gasteiger partial charge in [0.1, 0.15) is 0 Å². The van der Waals surface area contributed by atoms with Crippen LogP contribution in [-0.4, -0.2) is 41.0 Å². The molecule has 36 heavy (non-hydrogen) atoms. The van der Waals surface area contributed by atoms with Gasteiger partial charge in [-0.2, -0.15) is 0 Å². The molecule has 0 saturated carbocycles. The first kappa shape index (κ1) is 26.6. The number of carbonyl (C=O) groups is 4. The van der Waals surface area contributed by atoms with Crippen LogP contribution >= 0.6 is 0 Å². The zero-order valence-electron chi connectivity index (χ0n) is 20.3. The second-order valence-corrected chi connectivity index (χ2v) is 13.5. The lowest BCUT2D eigenvalue weighted by Crippen LogP contribution is -2.67. The molecule has 8 nitrogen and oxygen atoms in total. The molecule has 0 N–H and O–H groups in total. The summed E-state index contributed by atoms with van der Waals surface area (Å²) in [6, 6.07) is 24.1. The van der Waals surface area contributed by atoms with Crippen LogP contribution in [-0.2, 0) is 36.9 Å². The van der Waals surface area contributed by atoms with Gasteiger partial charge in [-0.3, -0.25) is 19.2 Å². The topological polar surface area (TPSA) is 105 Å². The van der Waals surface area contributed by atoms with E-state index in [0.717, 1.165) is 0 Å². The average Bonchev–Trinajstić information content (AvgIpc) is 2.83. The highest BCUT2D eigenvalue weighted by atomic mass is 28.4. The highest BCUT2D eigenvalue weighted by Crippen LogP contribution is 2.14. The Bertz CT molecular complexity index is 1110. The Morgan fingerprint density at radius 1 is 0.417 bits per heavy atom. The van der Waals surface area contributed by atoms with E-state index >= 15 is 0 Å². The molecule has 0 amide bonds. The van der Waals surface area contributed by atoms with Crippen LogP contribution in [0.4, 0.5) is 0 Å². The lowest BCUT2D eigenvalue weighted by molar-refractivity contribution is -0.140. The predicted octanol–water partition coefficient (Wildman–Crippen LogP) is 1.05. The Balaban J connectivity index is 2.23. The summed E-state index contributed by atoms with van der Waals surface area (Å²) in [5, 5.41) is 2.03. The normalized spacial score (nSPS) is 11.2. The molecule has 0 heterocycles. The van der Waals surface area contributed by atoms with Crippen molar-refractivity contribution < 1.29 is 36.9 Å². The molecule has 0 unspecified atom stereocenters. The van der Waals surface area contributed by atoms with Crippen LogP contribution in [0.2, 0.25) is 0 Å². The van der Waals surface area contributed by atoms with Crippen molar-refractivity contribution >= 4 is 61.7 Å². The molecule has 0 spiro atoms. The van der Waals surface area contributed by atoms with Gasteiger partial charge in [0.2, 0.25) is 0 Å². The molecular formula is C26H26O8Si2. The highest BCUT2D eigenvalue weighted by Gasteiger charge is 2.52. The quantitative estimate of drug-likeness (QED) is 0.405. The van der Waals surface area contributed by atoms with E-state index in [1.54, 1.807) is 84.9 Å². The molecule has 3 aromatic rings. The van der Waals surface area contributed by atoms with E-state index in [2.05, 4.69) is 0 Å². The van der Waals surface area contributed by atoms with Crippen molar-refractivity contribution in [2.45, 2.75) is 27.7 Å². The van der Waals surface area contributed by atoms with E-state index in [1.165, 1.54) is 27.7 Å². The largest absolute Gasteiger partial charge is 0.534 e. The van der Waals surface area contributed by atoms with Crippen LogP contribution in [0.5, 0.6) is 0 Å². The van der Waals surface area contributed by atoms with Crippen molar-refractivity contribution in [1.29, 1.82) is 0 Å². The molecule has 3 rings (SSSR count). The molecular weight excluding hydrogens is 496 g/mol. The van der Waals surface area contributed by atoms with Gasteiger partial charge in [-0.1, -0.05) is 84.9 Å². The summed E-state index contributed by atoms with van der Waals surface area (Å²) in [4.78, 5) is 48.6. The van der Waals surface area contributed by atoms with Gasteiger partial charge in [-0.15, -0.1) is 0 Å². The first-order valence-corrected chi connectivity index (χ1v) is 14.7. The maximum atomic E-state index is 12.2. The summed E-state index contributed by atoms with van der Waals surface area (Å²) in [7, 11) is -7.60. The number of hydrogen-bond donors (Lipinski definition) is 0. The summed E-state index contributed by atoms with van der Waals surface area (Å²) in [6.07, 6.45) is 0. The molecule has 0 aliphatic rings. The van der Waals surface area contributed by atoms with Crippen LogP contribution in [0.15, 0.2) is 84.9 Å². The van der Waals surface area contributed by atoms with Crippen molar-refractivity contribution in [3.05, 3.63) is 84.9 Å². The van der Waals surface area contributed by atoms with E-state index in [-0.39, 0.29) is 0 Å². The summed E-state index contributed by atoms with van der Waals surface area (Å²) < 4.78 is 23.0. The highest BCUT2D eigenvalue weighted by molar-refractivity contribution is 6.95. The van der Waals surface area contributed by atoms with E-state index in [1.807, 2.05) is 0 Å². The van der Waals surface area contributed by atoms with Crippen LogP contribution in [0.25, 0.3) is 0 Å². The molecule has 10 heteroatoms. The first-order chi connectivity index (χ1) is 17.1. The minimum absolute atomic E-state index is 0.462. The monoisotopic (exact) mass is 522 g/mol. The fourth-order valence-electron chi connectivity index (χ4n) is 3.88. The molecule has 0 radical (unpaired) electrons. The molecule has 0 aliphatic carbocycles. The van der Waals surface area contributed by atoms with E-state index in [0.29, 0.717) is 20.7 Å². The Morgan fingerprint density at radius 3 is 0.861 bits per heavy atom. The van der Waals surface area contributed by atoms with Gasteiger partial charge in [-0.25, -0.2) is 0 Å². The van der Waals surface area contributed by atoms with Gasteiger partial charge in [0.25, 0.3) is 23.9 Å². The number of hydrogen-bond acceptors (Lipinski definition) is 8. The Labute approximate surface area is 211 Å². The number of carbonyl (C=O) groups excluding carboxylic acids is 4. The molecule has 186 valence electrons. The summed E-state index contributed by atoms with van der Waals surface area (Å²) >= 11 is 0. The summed E-state index contributed by atoms with van der Waals surface area (Å²) in [5.74, 6) is -2.43. The third kappa shape index (κ3) is 5.78. The van der Waals surface area contributed by atoms with E-state index in [9.17, 15) is 19.2 Å². The Kier molecular flexibility index (Phi) is 8.23. The third-order valence-electron chi connectivity index (χ3n) is 5.10. The van der Waals surface area contributed by atoms with Crippen LogP contribution < -0.4 is 20.7 Å². The van der Waals surface area contributed by atoms with Gasteiger partial charge >= 0.3 is 17.1 Å². The SMILES string of the molecule is CC(=O)O[Si](OC(C)=O)(c1ccccc1)c1ccc([Si](OC(C)=O)(OC(C)=O)c2ccccc2)cc1. The van der Waals surface area contributed by atoms with Crippen LogP contribution in [0.1, 0.15) is 27.7 Å². The first-order valence-electron chi connectivity index (χ1n) is 11.1. The second kappa shape index (κ2) is 11.1. The minimum Gasteiger partial charge on any atom is -0.479 e. The molecule has 0 aliphatic heterocycles. The van der Waals surface area contributed by atoms with Crippen molar-refractivity contribution in [2.75, 3.05) is 0 Å². The fourth-order valence-corrected chi connectivity index (χ4v) is 9.67. The molecule has 0 aromatic heterocycles. The van der Waals surface area contributed by atoms with Crippen LogP contribution in [0.3, 0.4) is 0 Å². The lowest BCUT2D eigenvalue weighted by Gasteiger charge is -2.31. The third-order valence-corrected chi connectivity index (χ3v) is 11.8. The van der Waals surface area contributed by atoms with Crippen molar-refractivity contribution in [1.82, 2.24) is 0 Å². The predicted molar refractivity (Wildman–Crippen MR) is 136 cm³/mol. The minimum atomic E-state index is -3.80. The van der Waals surface area contributed by atoms with Crippen molar-refractivity contribution in [3.63, 3.8) is 0 Å². The smallest absolute Gasteiger partial charge is 0.479 e. The van der Waals surface area contributed by atoms with Crippen molar-refractivity contribution in [2.24, 2.45) is 0 Å². The van der Waals surface area contributed by atoms with E-state index < -0.39 is 41.0 Å². The molecule has 0 atom stereocenters. The van der Waals surface area contributed by atoms with Crippen LogP contribution in [0, 0.1) is 0 Å². The van der Waals surface area contributed by atoms with E-state index in [4.69, 9.17) is 17.7 Å². The lowest BCUT2D eigenvalue weighted by atomic mass is 10.3. The Hall–Kier alpha value is -4.03. The second-order valence-electron chi connectivity index (χ2n) is 7.92. The zero-order valence-corrected chi connectivity index (χ0v) is 22.3. The fraction of sp³-hybridized carbons (Fsp3) is 0.154. The summed E-state index contributed by atoms with van der Waals surface area (Å²) in [6.45, 7) is 4.99. The number of rotatable bonds is 8. The van der Waals surface area contributed by atoms with Gasteiger partial charge in [0.15, 0.2) is 0 Å². The maximum absolute atomic E-state index is 12.2. The summed E-state index contributed by atoms with van der Waals surface area (Å²) in [5.41, 5.74) is 0. The molecule has 0 fully saturated rings. The maximum Gasteiger partial charge on any atom is 0.534 e. The zero-order chi connectivity index (χ0) is 26.3. The molecule has 3 aromatic carbocycles. The average molecular weight is 523 g/mol. The van der Waals surface area contributed by atoms with Gasteiger partial charge < -0.3 is 17.7 Å². The van der Waals surface area contributed by atoms with Gasteiger partial charge in [0, 0.05) is 48.4 Å². The molecule has 0 saturated heterocycles. The Morgan fingerprint density at radius 2 is 0.639 bits per heavy atom. The number of benzene rings is 3. The van der Waals surface area contributed by atoms with Gasteiger partial charge in [0.05, 0.1) is 0 Å².